The molecule has 1 aromatic carbocycles. The van der Waals surface area contributed by atoms with Crippen LogP contribution in [0.1, 0.15) is 38.0 Å². The number of hydrogen-bond donors (Lipinski definition) is 0. The second kappa shape index (κ2) is 4.82. The summed E-state index contributed by atoms with van der Waals surface area (Å²) >= 11 is 5.87. The van der Waals surface area contributed by atoms with E-state index < -0.39 is 0 Å². The van der Waals surface area contributed by atoms with Gasteiger partial charge < -0.3 is 0 Å². The van der Waals surface area contributed by atoms with Crippen LogP contribution >= 0.6 is 27.3 Å². The van der Waals surface area contributed by atoms with Crippen molar-refractivity contribution in [2.45, 2.75) is 31.0 Å². The van der Waals surface area contributed by atoms with Crippen molar-refractivity contribution < 1.29 is 0 Å². The average Bonchev–Trinajstić information content (AvgIpc) is 3.10. The fraction of sp³-hybridized carbons (Fsp3) is 0.375. The zero-order chi connectivity index (χ0) is 12.7. The zero-order valence-electron chi connectivity index (χ0n) is 10.7. The van der Waals surface area contributed by atoms with Gasteiger partial charge in [-0.15, -0.1) is 11.3 Å². The molecule has 1 aromatic heterocycles. The lowest BCUT2D eigenvalue weighted by atomic mass is 10.1. The van der Waals surface area contributed by atoms with Crippen LogP contribution in [0.25, 0.3) is 0 Å². The van der Waals surface area contributed by atoms with Crippen molar-refractivity contribution in [2.75, 3.05) is 0 Å². The Morgan fingerprint density at radius 3 is 2.56 bits per heavy atom. The van der Waals surface area contributed by atoms with Crippen molar-refractivity contribution in [1.82, 2.24) is 0 Å². The van der Waals surface area contributed by atoms with Gasteiger partial charge in [-0.2, -0.15) is 0 Å². The number of benzene rings is 1. The molecule has 2 heteroatoms. The van der Waals surface area contributed by atoms with Crippen LogP contribution in [-0.2, 0) is 0 Å². The van der Waals surface area contributed by atoms with Crippen LogP contribution in [0.4, 0.5) is 0 Å². The predicted molar refractivity (Wildman–Crippen MR) is 82.8 cm³/mol. The van der Waals surface area contributed by atoms with Crippen molar-refractivity contribution in [3.8, 4) is 0 Å². The molecule has 3 rings (SSSR count). The Morgan fingerprint density at radius 2 is 1.94 bits per heavy atom. The first-order chi connectivity index (χ1) is 8.66. The maximum Gasteiger partial charge on any atom is 0.0526 e. The van der Waals surface area contributed by atoms with Crippen molar-refractivity contribution in [3.63, 3.8) is 0 Å². The molecule has 0 bridgehead atoms. The summed E-state index contributed by atoms with van der Waals surface area (Å²) in [5.41, 5.74) is 2.94. The molecule has 3 unspecified atom stereocenters. The number of thiophene rings is 1. The fourth-order valence-corrected chi connectivity index (χ4v) is 5.06. The minimum absolute atomic E-state index is 0.529. The Balaban J connectivity index is 1.77. The minimum Gasteiger partial charge on any atom is -0.144 e. The molecule has 1 aliphatic carbocycles. The van der Waals surface area contributed by atoms with Crippen LogP contribution in [0.15, 0.2) is 36.4 Å². The molecule has 0 spiro atoms. The van der Waals surface area contributed by atoms with Gasteiger partial charge in [-0.25, -0.2) is 0 Å². The molecule has 2 aromatic rings. The lowest BCUT2D eigenvalue weighted by molar-refractivity contribution is 0.794. The molecule has 1 aliphatic rings. The maximum atomic E-state index is 3.93. The Bertz CT molecular complexity index is 543. The average molecular weight is 321 g/mol. The topological polar surface area (TPSA) is 0 Å². The lowest BCUT2D eigenvalue weighted by Crippen LogP contribution is -1.93. The van der Waals surface area contributed by atoms with Gasteiger partial charge in [0.05, 0.1) is 4.83 Å². The van der Waals surface area contributed by atoms with Gasteiger partial charge in [0, 0.05) is 9.75 Å². The number of aryl methyl sites for hydroxylation is 2. The highest BCUT2D eigenvalue weighted by Gasteiger charge is 2.44. The Morgan fingerprint density at radius 1 is 1.22 bits per heavy atom. The van der Waals surface area contributed by atoms with Crippen molar-refractivity contribution in [3.05, 3.63) is 57.3 Å². The van der Waals surface area contributed by atoms with Gasteiger partial charge in [0.1, 0.15) is 0 Å². The lowest BCUT2D eigenvalue weighted by Gasteiger charge is -2.09. The third kappa shape index (κ3) is 2.28. The van der Waals surface area contributed by atoms with Crippen molar-refractivity contribution in [1.29, 1.82) is 0 Å². The van der Waals surface area contributed by atoms with E-state index in [0.717, 1.165) is 11.8 Å². The Labute approximate surface area is 121 Å². The van der Waals surface area contributed by atoms with E-state index in [1.165, 1.54) is 27.3 Å². The Kier molecular flexibility index (Phi) is 3.33. The highest BCUT2D eigenvalue weighted by molar-refractivity contribution is 9.09. The molecule has 3 atom stereocenters. The predicted octanol–water partition coefficient (Wildman–Crippen LogP) is 5.60. The van der Waals surface area contributed by atoms with E-state index in [1.807, 2.05) is 11.3 Å². The summed E-state index contributed by atoms with van der Waals surface area (Å²) < 4.78 is 0. The van der Waals surface area contributed by atoms with Crippen LogP contribution in [0, 0.1) is 19.8 Å². The third-order valence-electron chi connectivity index (χ3n) is 3.77. The first-order valence-electron chi connectivity index (χ1n) is 6.43. The Hall–Kier alpha value is -0.600. The van der Waals surface area contributed by atoms with Gasteiger partial charge in [-0.05, 0) is 49.3 Å². The first kappa shape index (κ1) is 12.4. The smallest absolute Gasteiger partial charge is 0.0526 e. The summed E-state index contributed by atoms with van der Waals surface area (Å²) in [7, 11) is 0. The normalized spacial score (nSPS) is 23.9. The largest absolute Gasteiger partial charge is 0.144 e. The van der Waals surface area contributed by atoms with E-state index in [1.54, 1.807) is 0 Å². The second-order valence-electron chi connectivity index (χ2n) is 5.22. The molecule has 0 N–H and O–H groups in total. The van der Waals surface area contributed by atoms with E-state index in [-0.39, 0.29) is 0 Å². The highest BCUT2D eigenvalue weighted by atomic mass is 79.9. The van der Waals surface area contributed by atoms with Crippen LogP contribution < -0.4 is 0 Å². The van der Waals surface area contributed by atoms with Crippen LogP contribution in [-0.4, -0.2) is 0 Å². The van der Waals surface area contributed by atoms with Gasteiger partial charge in [0.25, 0.3) is 0 Å². The maximum absolute atomic E-state index is 3.93. The van der Waals surface area contributed by atoms with E-state index in [2.05, 4.69) is 66.2 Å². The van der Waals surface area contributed by atoms with Crippen molar-refractivity contribution >= 4 is 27.3 Å². The second-order valence-corrected chi connectivity index (χ2v) is 7.50. The van der Waals surface area contributed by atoms with Gasteiger partial charge in [-0.3, -0.25) is 0 Å². The monoisotopic (exact) mass is 320 g/mol. The molecule has 1 heterocycles. The molecule has 18 heavy (non-hydrogen) atoms. The first-order valence-corrected chi connectivity index (χ1v) is 8.16. The van der Waals surface area contributed by atoms with Gasteiger partial charge in [-0.1, -0.05) is 46.3 Å². The fourth-order valence-electron chi connectivity index (χ4n) is 2.75. The third-order valence-corrected chi connectivity index (χ3v) is 6.45. The molecule has 0 saturated heterocycles. The highest BCUT2D eigenvalue weighted by Crippen LogP contribution is 2.58. The molecular weight excluding hydrogens is 304 g/mol. The van der Waals surface area contributed by atoms with Gasteiger partial charge in [0.15, 0.2) is 0 Å². The standard InChI is InChI=1S/C16H17BrS/c1-10-8-11(2)18-16(10)15(17)14-9-13(14)12-6-4-3-5-7-12/h3-8,13-15H,9H2,1-2H3. The molecule has 0 nitrogen and oxygen atoms in total. The van der Waals surface area contributed by atoms with Crippen LogP contribution in [0.3, 0.4) is 0 Å². The number of rotatable bonds is 3. The van der Waals surface area contributed by atoms with E-state index in [9.17, 15) is 0 Å². The summed E-state index contributed by atoms with van der Waals surface area (Å²) in [5, 5.41) is 0. The van der Waals surface area contributed by atoms with Crippen LogP contribution in [0.5, 0.6) is 0 Å². The molecule has 0 aliphatic heterocycles. The van der Waals surface area contributed by atoms with Crippen molar-refractivity contribution in [2.24, 2.45) is 5.92 Å². The molecule has 0 amide bonds. The zero-order valence-corrected chi connectivity index (χ0v) is 13.1. The molecule has 94 valence electrons. The quantitative estimate of drug-likeness (QED) is 0.645. The summed E-state index contributed by atoms with van der Waals surface area (Å²) in [6.07, 6.45) is 1.32. The number of hydrogen-bond acceptors (Lipinski definition) is 1. The number of alkyl halides is 1. The molecule has 1 saturated carbocycles. The minimum atomic E-state index is 0.529. The summed E-state index contributed by atoms with van der Waals surface area (Å²) in [6, 6.07) is 13.2. The van der Waals surface area contributed by atoms with Gasteiger partial charge >= 0.3 is 0 Å². The number of halogens is 1. The van der Waals surface area contributed by atoms with E-state index in [4.69, 9.17) is 0 Å². The summed E-state index contributed by atoms with van der Waals surface area (Å²) in [6.45, 7) is 4.43. The summed E-state index contributed by atoms with van der Waals surface area (Å²) in [5.74, 6) is 1.52. The van der Waals surface area contributed by atoms with E-state index >= 15 is 0 Å². The molecule has 0 radical (unpaired) electrons. The summed E-state index contributed by atoms with van der Waals surface area (Å²) in [4.78, 5) is 3.47. The van der Waals surface area contributed by atoms with E-state index in [0.29, 0.717) is 4.83 Å². The van der Waals surface area contributed by atoms with Gasteiger partial charge in [0.2, 0.25) is 0 Å². The molecular formula is C16H17BrS. The molecule has 1 fully saturated rings. The SMILES string of the molecule is Cc1cc(C)c(C(Br)C2CC2c2ccccc2)s1. The van der Waals surface area contributed by atoms with Crippen LogP contribution in [0.2, 0.25) is 0 Å².